The lowest BCUT2D eigenvalue weighted by Crippen LogP contribution is -2.46. The predicted molar refractivity (Wildman–Crippen MR) is 118 cm³/mol. The van der Waals surface area contributed by atoms with Gasteiger partial charge in [-0.05, 0) is 49.7 Å². The van der Waals surface area contributed by atoms with Gasteiger partial charge in [0.2, 0.25) is 0 Å². The summed E-state index contributed by atoms with van der Waals surface area (Å²) in [6.07, 6.45) is 4.15. The maximum atomic E-state index is 6.36. The van der Waals surface area contributed by atoms with Crippen LogP contribution in [0.1, 0.15) is 12.8 Å². The van der Waals surface area contributed by atoms with Gasteiger partial charge in [0, 0.05) is 43.3 Å². The van der Waals surface area contributed by atoms with Crippen molar-refractivity contribution >= 4 is 39.8 Å². The number of aromatic amines is 1. The molecule has 2 aromatic carbocycles. The number of nitrogens with zero attached hydrogens (tertiary/aromatic N) is 2. The second-order valence-corrected chi connectivity index (χ2v) is 7.94. The van der Waals surface area contributed by atoms with Crippen molar-refractivity contribution < 1.29 is 4.74 Å². The van der Waals surface area contributed by atoms with Crippen molar-refractivity contribution in [2.24, 2.45) is 0 Å². The third kappa shape index (κ3) is 4.40. The van der Waals surface area contributed by atoms with Crippen LogP contribution in [0.25, 0.3) is 10.9 Å². The molecule has 1 aromatic heterocycles. The zero-order chi connectivity index (χ0) is 19.3. The van der Waals surface area contributed by atoms with Gasteiger partial charge in [0.05, 0.1) is 22.3 Å². The molecule has 0 radical (unpaired) electrons. The van der Waals surface area contributed by atoms with E-state index in [2.05, 4.69) is 26.9 Å². The van der Waals surface area contributed by atoms with Gasteiger partial charge < -0.3 is 14.6 Å². The fraction of sp³-hybridized carbons (Fsp3) is 0.364. The van der Waals surface area contributed by atoms with Crippen LogP contribution < -0.4 is 9.64 Å². The van der Waals surface area contributed by atoms with Gasteiger partial charge in [0.25, 0.3) is 0 Å². The number of fused-ring (bicyclic) bond motifs is 1. The minimum absolute atomic E-state index is 0.622. The van der Waals surface area contributed by atoms with Crippen LogP contribution in [0.15, 0.2) is 48.7 Å². The number of piperazine rings is 1. The van der Waals surface area contributed by atoms with E-state index in [1.54, 1.807) is 0 Å². The van der Waals surface area contributed by atoms with Crippen LogP contribution in [0.3, 0.4) is 0 Å². The number of benzene rings is 2. The summed E-state index contributed by atoms with van der Waals surface area (Å²) in [5.74, 6) is 0.964. The molecule has 1 aliphatic rings. The van der Waals surface area contributed by atoms with Gasteiger partial charge in [-0.3, -0.25) is 4.90 Å². The van der Waals surface area contributed by atoms with Gasteiger partial charge in [-0.1, -0.05) is 35.3 Å². The smallest absolute Gasteiger partial charge is 0.128 e. The highest BCUT2D eigenvalue weighted by Crippen LogP contribution is 2.32. The van der Waals surface area contributed by atoms with E-state index in [4.69, 9.17) is 27.9 Å². The van der Waals surface area contributed by atoms with Crippen LogP contribution in [0, 0.1) is 0 Å². The average Bonchev–Trinajstić information content (AvgIpc) is 3.20. The van der Waals surface area contributed by atoms with Crippen LogP contribution >= 0.6 is 23.2 Å². The third-order valence-corrected chi connectivity index (χ3v) is 6.13. The number of unbranched alkanes of at least 4 members (excludes halogenated alkanes) is 1. The Morgan fingerprint density at radius 1 is 0.929 bits per heavy atom. The monoisotopic (exact) mass is 417 g/mol. The Labute approximate surface area is 176 Å². The highest BCUT2D eigenvalue weighted by atomic mass is 35.5. The van der Waals surface area contributed by atoms with E-state index in [-0.39, 0.29) is 0 Å². The maximum Gasteiger partial charge on any atom is 0.128 e. The van der Waals surface area contributed by atoms with E-state index < -0.39 is 0 Å². The van der Waals surface area contributed by atoms with Crippen molar-refractivity contribution in [1.29, 1.82) is 0 Å². The standard InChI is InChI=1S/C22H25Cl2N3O/c23-18-5-3-7-20(22(18)24)27-14-12-26(13-15-27)11-1-2-16-28-21-8-4-6-19-17(21)9-10-25-19/h3-10,25H,1-2,11-16H2. The van der Waals surface area contributed by atoms with Crippen LogP contribution in [0.5, 0.6) is 5.75 Å². The van der Waals surface area contributed by atoms with Gasteiger partial charge in [0.15, 0.2) is 0 Å². The highest BCUT2D eigenvalue weighted by Gasteiger charge is 2.19. The molecule has 0 saturated carbocycles. The SMILES string of the molecule is Clc1cccc(N2CCN(CCCCOc3cccc4[nH]ccc34)CC2)c1Cl. The van der Waals surface area contributed by atoms with Crippen molar-refractivity contribution in [2.45, 2.75) is 12.8 Å². The lowest BCUT2D eigenvalue weighted by molar-refractivity contribution is 0.239. The van der Waals surface area contributed by atoms with Gasteiger partial charge in [-0.25, -0.2) is 0 Å². The Morgan fingerprint density at radius 3 is 2.61 bits per heavy atom. The van der Waals surface area contributed by atoms with Crippen molar-refractivity contribution in [3.05, 3.63) is 58.7 Å². The first-order valence-corrected chi connectivity index (χ1v) is 10.6. The molecule has 0 spiro atoms. The molecular weight excluding hydrogens is 393 g/mol. The van der Waals surface area contributed by atoms with Crippen molar-refractivity contribution in [2.75, 3.05) is 44.2 Å². The molecule has 3 aromatic rings. The molecule has 1 saturated heterocycles. The van der Waals surface area contributed by atoms with E-state index in [9.17, 15) is 0 Å². The number of halogens is 2. The summed E-state index contributed by atoms with van der Waals surface area (Å²) in [6.45, 7) is 5.91. The first kappa shape index (κ1) is 19.4. The molecule has 28 heavy (non-hydrogen) atoms. The van der Waals surface area contributed by atoms with Gasteiger partial charge in [-0.2, -0.15) is 0 Å². The summed E-state index contributed by atoms with van der Waals surface area (Å²) < 4.78 is 5.99. The summed E-state index contributed by atoms with van der Waals surface area (Å²) in [4.78, 5) is 8.06. The van der Waals surface area contributed by atoms with Crippen molar-refractivity contribution in [3.8, 4) is 5.75 Å². The molecule has 4 nitrogen and oxygen atoms in total. The Balaban J connectivity index is 1.18. The van der Waals surface area contributed by atoms with Gasteiger partial charge in [-0.15, -0.1) is 0 Å². The fourth-order valence-electron chi connectivity index (χ4n) is 3.75. The molecule has 0 atom stereocenters. The number of H-pyrrole nitrogens is 1. The number of ether oxygens (including phenoxy) is 1. The average molecular weight is 418 g/mol. The van der Waals surface area contributed by atoms with E-state index in [0.29, 0.717) is 10.0 Å². The van der Waals surface area contributed by atoms with E-state index in [0.717, 1.165) is 74.5 Å². The van der Waals surface area contributed by atoms with Crippen LogP contribution in [0.2, 0.25) is 10.0 Å². The largest absolute Gasteiger partial charge is 0.493 e. The second kappa shape index (κ2) is 9.08. The number of anilines is 1. The molecule has 0 unspecified atom stereocenters. The lowest BCUT2D eigenvalue weighted by atomic mass is 10.2. The Hall–Kier alpha value is -1.88. The van der Waals surface area contributed by atoms with Crippen LogP contribution in [0.4, 0.5) is 5.69 Å². The Bertz CT molecular complexity index is 919. The Kier molecular flexibility index (Phi) is 6.30. The van der Waals surface area contributed by atoms with E-state index >= 15 is 0 Å². The fourth-order valence-corrected chi connectivity index (χ4v) is 4.17. The minimum atomic E-state index is 0.622. The lowest BCUT2D eigenvalue weighted by Gasteiger charge is -2.36. The molecule has 6 heteroatoms. The molecule has 1 aliphatic heterocycles. The summed E-state index contributed by atoms with van der Waals surface area (Å²) in [7, 11) is 0. The first-order chi connectivity index (χ1) is 13.7. The maximum absolute atomic E-state index is 6.36. The summed E-state index contributed by atoms with van der Waals surface area (Å²) in [6, 6.07) is 14.0. The topological polar surface area (TPSA) is 31.5 Å². The van der Waals surface area contributed by atoms with E-state index in [1.807, 2.05) is 36.5 Å². The Morgan fingerprint density at radius 2 is 1.75 bits per heavy atom. The molecule has 0 aliphatic carbocycles. The molecule has 1 fully saturated rings. The zero-order valence-electron chi connectivity index (χ0n) is 15.8. The van der Waals surface area contributed by atoms with Crippen LogP contribution in [-0.4, -0.2) is 49.2 Å². The van der Waals surface area contributed by atoms with Gasteiger partial charge in [0.1, 0.15) is 5.75 Å². The predicted octanol–water partition coefficient (Wildman–Crippen LogP) is 5.46. The van der Waals surface area contributed by atoms with E-state index in [1.165, 1.54) is 0 Å². The normalized spacial score (nSPS) is 15.3. The molecule has 0 bridgehead atoms. The minimum Gasteiger partial charge on any atom is -0.493 e. The molecular formula is C22H25Cl2N3O. The number of rotatable bonds is 7. The molecule has 2 heterocycles. The summed E-state index contributed by atoms with van der Waals surface area (Å²) >= 11 is 12.5. The molecule has 4 rings (SSSR count). The molecule has 1 N–H and O–H groups in total. The quantitative estimate of drug-likeness (QED) is 0.518. The van der Waals surface area contributed by atoms with Crippen LogP contribution in [-0.2, 0) is 0 Å². The molecule has 148 valence electrons. The third-order valence-electron chi connectivity index (χ3n) is 5.33. The second-order valence-electron chi connectivity index (χ2n) is 7.15. The van der Waals surface area contributed by atoms with Gasteiger partial charge >= 0.3 is 0 Å². The molecule has 0 amide bonds. The summed E-state index contributed by atoms with van der Waals surface area (Å²) in [5, 5.41) is 2.43. The number of hydrogen-bond donors (Lipinski definition) is 1. The first-order valence-electron chi connectivity index (χ1n) is 9.82. The highest BCUT2D eigenvalue weighted by molar-refractivity contribution is 6.43. The van der Waals surface area contributed by atoms with Crippen molar-refractivity contribution in [1.82, 2.24) is 9.88 Å². The number of hydrogen-bond acceptors (Lipinski definition) is 3. The zero-order valence-corrected chi connectivity index (χ0v) is 17.3. The summed E-state index contributed by atoms with van der Waals surface area (Å²) in [5.41, 5.74) is 2.16. The van der Waals surface area contributed by atoms with Crippen molar-refractivity contribution in [3.63, 3.8) is 0 Å². The number of nitrogens with one attached hydrogen (secondary N) is 1. The number of aromatic nitrogens is 1.